The predicted octanol–water partition coefficient (Wildman–Crippen LogP) is 1.68. The Kier molecular flexibility index (Phi) is 4.19. The standard InChI is InChI=1S/C13H18ClN7/c1-15-11-12(14)16-9-17-13(11)20-5-2-10(3-6-20)8-21-7-4-18-19-21/h4,7,9-10,15H,2-3,5-6,8H2,1H3. The lowest BCUT2D eigenvalue weighted by atomic mass is 9.97. The summed E-state index contributed by atoms with van der Waals surface area (Å²) in [4.78, 5) is 10.7. The maximum atomic E-state index is 6.11. The summed E-state index contributed by atoms with van der Waals surface area (Å²) in [6.07, 6.45) is 7.35. The van der Waals surface area contributed by atoms with Crippen LogP contribution in [0, 0.1) is 5.92 Å². The molecule has 0 spiro atoms. The van der Waals surface area contributed by atoms with Crippen molar-refractivity contribution in [2.45, 2.75) is 19.4 Å². The topological polar surface area (TPSA) is 71.8 Å². The smallest absolute Gasteiger partial charge is 0.157 e. The maximum absolute atomic E-state index is 6.11. The van der Waals surface area contributed by atoms with Gasteiger partial charge < -0.3 is 10.2 Å². The molecule has 2 aromatic rings. The van der Waals surface area contributed by atoms with Gasteiger partial charge in [0, 0.05) is 32.9 Å². The van der Waals surface area contributed by atoms with Crippen LogP contribution >= 0.6 is 11.6 Å². The third kappa shape index (κ3) is 3.07. The van der Waals surface area contributed by atoms with Crippen molar-refractivity contribution in [2.24, 2.45) is 5.92 Å². The number of halogens is 1. The van der Waals surface area contributed by atoms with Crippen LogP contribution in [0.3, 0.4) is 0 Å². The Morgan fingerprint density at radius 3 is 2.81 bits per heavy atom. The van der Waals surface area contributed by atoms with Crippen LogP contribution in [0.4, 0.5) is 11.5 Å². The molecule has 2 aromatic heterocycles. The van der Waals surface area contributed by atoms with Gasteiger partial charge in [-0.1, -0.05) is 16.8 Å². The molecule has 0 saturated carbocycles. The number of piperidine rings is 1. The second-order valence-corrected chi connectivity index (χ2v) is 5.53. The SMILES string of the molecule is CNc1c(Cl)ncnc1N1CCC(Cn2ccnn2)CC1. The number of rotatable bonds is 4. The summed E-state index contributed by atoms with van der Waals surface area (Å²) in [7, 11) is 1.84. The second kappa shape index (κ2) is 6.26. The number of hydrogen-bond donors (Lipinski definition) is 1. The molecule has 1 aliphatic rings. The molecular formula is C13H18ClN7. The molecule has 3 heterocycles. The van der Waals surface area contributed by atoms with E-state index in [2.05, 4.69) is 30.5 Å². The first kappa shape index (κ1) is 14.1. The van der Waals surface area contributed by atoms with Crippen molar-refractivity contribution in [3.8, 4) is 0 Å². The van der Waals surface area contributed by atoms with Gasteiger partial charge in [0.2, 0.25) is 0 Å². The third-order valence-electron chi connectivity index (χ3n) is 3.86. The number of aromatic nitrogens is 5. The van der Waals surface area contributed by atoms with Gasteiger partial charge in [-0.15, -0.1) is 5.10 Å². The van der Waals surface area contributed by atoms with E-state index in [0.717, 1.165) is 44.0 Å². The highest BCUT2D eigenvalue weighted by atomic mass is 35.5. The van der Waals surface area contributed by atoms with E-state index in [1.54, 1.807) is 6.20 Å². The average Bonchev–Trinajstić information content (AvgIpc) is 3.01. The summed E-state index contributed by atoms with van der Waals surface area (Å²) < 4.78 is 1.90. The minimum atomic E-state index is 0.465. The highest BCUT2D eigenvalue weighted by Crippen LogP contribution is 2.31. The zero-order valence-electron chi connectivity index (χ0n) is 11.9. The number of nitrogens with one attached hydrogen (secondary N) is 1. The van der Waals surface area contributed by atoms with Crippen LogP contribution in [0.25, 0.3) is 0 Å². The highest BCUT2D eigenvalue weighted by molar-refractivity contribution is 6.32. The Labute approximate surface area is 128 Å². The lowest BCUT2D eigenvalue weighted by molar-refractivity contribution is 0.338. The molecule has 112 valence electrons. The Hall–Kier alpha value is -1.89. The van der Waals surface area contributed by atoms with Gasteiger partial charge >= 0.3 is 0 Å². The molecule has 0 bridgehead atoms. The molecule has 0 amide bonds. The largest absolute Gasteiger partial charge is 0.383 e. The number of anilines is 2. The van der Waals surface area contributed by atoms with Gasteiger partial charge in [0.05, 0.1) is 6.20 Å². The van der Waals surface area contributed by atoms with Crippen LogP contribution in [0.5, 0.6) is 0 Å². The van der Waals surface area contributed by atoms with Crippen LogP contribution < -0.4 is 10.2 Å². The van der Waals surface area contributed by atoms with Crippen molar-refractivity contribution in [3.63, 3.8) is 0 Å². The summed E-state index contributed by atoms with van der Waals surface area (Å²) in [6.45, 7) is 2.85. The minimum Gasteiger partial charge on any atom is -0.383 e. The van der Waals surface area contributed by atoms with E-state index in [1.807, 2.05) is 17.9 Å². The molecule has 0 radical (unpaired) electrons. The molecule has 7 nitrogen and oxygen atoms in total. The molecule has 21 heavy (non-hydrogen) atoms. The molecular weight excluding hydrogens is 290 g/mol. The number of hydrogen-bond acceptors (Lipinski definition) is 6. The van der Waals surface area contributed by atoms with Crippen molar-refractivity contribution >= 4 is 23.1 Å². The lowest BCUT2D eigenvalue weighted by Crippen LogP contribution is -2.36. The van der Waals surface area contributed by atoms with Crippen LogP contribution in [-0.2, 0) is 6.54 Å². The van der Waals surface area contributed by atoms with Gasteiger partial charge in [0.1, 0.15) is 12.0 Å². The van der Waals surface area contributed by atoms with Crippen molar-refractivity contribution < 1.29 is 0 Å². The molecule has 0 aromatic carbocycles. The molecule has 1 N–H and O–H groups in total. The Morgan fingerprint density at radius 2 is 2.14 bits per heavy atom. The Bertz CT molecular complexity index is 578. The van der Waals surface area contributed by atoms with E-state index in [4.69, 9.17) is 11.6 Å². The van der Waals surface area contributed by atoms with E-state index in [-0.39, 0.29) is 0 Å². The zero-order chi connectivity index (χ0) is 14.7. The van der Waals surface area contributed by atoms with Crippen molar-refractivity contribution in [2.75, 3.05) is 30.4 Å². The van der Waals surface area contributed by atoms with Crippen molar-refractivity contribution in [1.29, 1.82) is 0 Å². The molecule has 1 saturated heterocycles. The van der Waals surface area contributed by atoms with E-state index >= 15 is 0 Å². The lowest BCUT2D eigenvalue weighted by Gasteiger charge is -2.33. The monoisotopic (exact) mass is 307 g/mol. The molecule has 1 aliphatic heterocycles. The Balaban J connectivity index is 1.64. The summed E-state index contributed by atoms with van der Waals surface area (Å²) in [5, 5.41) is 11.4. The van der Waals surface area contributed by atoms with E-state index in [9.17, 15) is 0 Å². The molecule has 0 unspecified atom stereocenters. The molecule has 0 atom stereocenters. The summed E-state index contributed by atoms with van der Waals surface area (Å²) >= 11 is 6.11. The fourth-order valence-corrected chi connectivity index (χ4v) is 2.95. The van der Waals surface area contributed by atoms with Crippen LogP contribution in [0.2, 0.25) is 5.15 Å². The van der Waals surface area contributed by atoms with Crippen LogP contribution in [0.1, 0.15) is 12.8 Å². The van der Waals surface area contributed by atoms with Crippen molar-refractivity contribution in [3.05, 3.63) is 23.9 Å². The molecule has 0 aliphatic carbocycles. The quantitative estimate of drug-likeness (QED) is 0.867. The average molecular weight is 308 g/mol. The van der Waals surface area contributed by atoms with Crippen LogP contribution in [-0.4, -0.2) is 45.1 Å². The van der Waals surface area contributed by atoms with E-state index in [1.165, 1.54) is 6.33 Å². The van der Waals surface area contributed by atoms with Gasteiger partial charge in [-0.2, -0.15) is 0 Å². The van der Waals surface area contributed by atoms with Gasteiger partial charge in [-0.25, -0.2) is 9.97 Å². The summed E-state index contributed by atoms with van der Waals surface area (Å²) in [5.74, 6) is 1.51. The fourth-order valence-electron chi connectivity index (χ4n) is 2.73. The maximum Gasteiger partial charge on any atom is 0.157 e. The Morgan fingerprint density at radius 1 is 1.33 bits per heavy atom. The minimum absolute atomic E-state index is 0.465. The van der Waals surface area contributed by atoms with Gasteiger partial charge in [0.15, 0.2) is 11.0 Å². The third-order valence-corrected chi connectivity index (χ3v) is 4.15. The molecule has 1 fully saturated rings. The number of nitrogens with zero attached hydrogens (tertiary/aromatic N) is 6. The van der Waals surface area contributed by atoms with Gasteiger partial charge in [-0.3, -0.25) is 4.68 Å². The summed E-state index contributed by atoms with van der Waals surface area (Å²) in [6, 6.07) is 0. The predicted molar refractivity (Wildman–Crippen MR) is 81.5 cm³/mol. The summed E-state index contributed by atoms with van der Waals surface area (Å²) in [5.41, 5.74) is 0.800. The van der Waals surface area contributed by atoms with E-state index in [0.29, 0.717) is 11.1 Å². The first-order valence-corrected chi connectivity index (χ1v) is 7.43. The fraction of sp³-hybridized carbons (Fsp3) is 0.538. The van der Waals surface area contributed by atoms with Crippen molar-refractivity contribution in [1.82, 2.24) is 25.0 Å². The van der Waals surface area contributed by atoms with E-state index < -0.39 is 0 Å². The van der Waals surface area contributed by atoms with Gasteiger partial charge in [-0.05, 0) is 18.8 Å². The molecule has 8 heteroatoms. The molecule has 3 rings (SSSR count). The van der Waals surface area contributed by atoms with Gasteiger partial charge in [0.25, 0.3) is 0 Å². The zero-order valence-corrected chi connectivity index (χ0v) is 12.7. The normalized spacial score (nSPS) is 16.2. The highest BCUT2D eigenvalue weighted by Gasteiger charge is 2.23. The first-order chi connectivity index (χ1) is 10.3. The second-order valence-electron chi connectivity index (χ2n) is 5.17. The first-order valence-electron chi connectivity index (χ1n) is 7.05. The van der Waals surface area contributed by atoms with Crippen LogP contribution in [0.15, 0.2) is 18.7 Å².